The van der Waals surface area contributed by atoms with Crippen molar-refractivity contribution in [1.82, 2.24) is 9.88 Å². The third-order valence-corrected chi connectivity index (χ3v) is 4.83. The van der Waals surface area contributed by atoms with Gasteiger partial charge in [-0.3, -0.25) is 9.59 Å². The maximum atomic E-state index is 12.3. The molecule has 0 atom stereocenters. The number of thiazole rings is 1. The molecule has 3 N–H and O–H groups in total. The van der Waals surface area contributed by atoms with E-state index in [0.717, 1.165) is 30.9 Å². The van der Waals surface area contributed by atoms with Gasteiger partial charge in [-0.2, -0.15) is 0 Å². The molecule has 0 unspecified atom stereocenters. The summed E-state index contributed by atoms with van der Waals surface area (Å²) in [7, 11) is 0. The van der Waals surface area contributed by atoms with Crippen molar-refractivity contribution < 1.29 is 9.59 Å². The Morgan fingerprint density at radius 2 is 1.88 bits per heavy atom. The molecule has 2 aromatic rings. The molecule has 0 spiro atoms. The first-order valence-corrected chi connectivity index (χ1v) is 8.90. The number of amides is 2. The van der Waals surface area contributed by atoms with Crippen molar-refractivity contribution in [1.29, 1.82) is 0 Å². The second kappa shape index (κ2) is 8.94. The van der Waals surface area contributed by atoms with E-state index in [0.29, 0.717) is 29.9 Å². The number of anilines is 1. The van der Waals surface area contributed by atoms with E-state index in [2.05, 4.69) is 10.3 Å². The van der Waals surface area contributed by atoms with Crippen molar-refractivity contribution in [3.05, 3.63) is 45.9 Å². The Balaban J connectivity index is 0.00000225. The minimum atomic E-state index is -0.256. The fraction of sp³-hybridized carbons (Fsp3) is 0.353. The largest absolute Gasteiger partial charge is 0.339 e. The molecule has 0 bridgehead atoms. The van der Waals surface area contributed by atoms with E-state index < -0.39 is 0 Å². The summed E-state index contributed by atoms with van der Waals surface area (Å²) in [6.07, 6.45) is 2.81. The first-order chi connectivity index (χ1) is 11.7. The molecule has 0 aliphatic carbocycles. The molecule has 1 fully saturated rings. The number of nitrogens with two attached hydrogens (primary N) is 1. The van der Waals surface area contributed by atoms with Crippen LogP contribution in [-0.2, 0) is 6.42 Å². The number of nitrogens with zero attached hydrogens (tertiary/aromatic N) is 2. The minimum Gasteiger partial charge on any atom is -0.339 e. The van der Waals surface area contributed by atoms with E-state index in [-0.39, 0.29) is 24.2 Å². The predicted molar refractivity (Wildman–Crippen MR) is 102 cm³/mol. The van der Waals surface area contributed by atoms with Crippen LogP contribution in [0.1, 0.15) is 38.7 Å². The highest BCUT2D eigenvalue weighted by Gasteiger charge is 2.19. The summed E-state index contributed by atoms with van der Waals surface area (Å²) in [5.74, 6) is -0.204. The first kappa shape index (κ1) is 19.4. The topological polar surface area (TPSA) is 88.3 Å². The first-order valence-electron chi connectivity index (χ1n) is 8.02. The molecule has 1 aliphatic rings. The SMILES string of the molecule is Cl.NCCc1nc(C(=O)Nc2ccc(C(=O)N3CCCC3)cc2)cs1. The summed E-state index contributed by atoms with van der Waals surface area (Å²) in [4.78, 5) is 30.6. The van der Waals surface area contributed by atoms with Gasteiger partial charge < -0.3 is 16.0 Å². The van der Waals surface area contributed by atoms with Gasteiger partial charge in [-0.05, 0) is 43.7 Å². The van der Waals surface area contributed by atoms with Crippen LogP contribution < -0.4 is 11.1 Å². The van der Waals surface area contributed by atoms with Crippen LogP contribution in [0.15, 0.2) is 29.6 Å². The van der Waals surface area contributed by atoms with Crippen molar-refractivity contribution in [3.63, 3.8) is 0 Å². The van der Waals surface area contributed by atoms with Crippen LogP contribution >= 0.6 is 23.7 Å². The molecule has 1 aromatic carbocycles. The number of aromatic nitrogens is 1. The Bertz CT molecular complexity index is 727. The van der Waals surface area contributed by atoms with Gasteiger partial charge in [0, 0.05) is 36.1 Å². The van der Waals surface area contributed by atoms with E-state index in [1.54, 1.807) is 29.6 Å². The normalized spacial score (nSPS) is 13.4. The zero-order valence-corrected chi connectivity index (χ0v) is 15.4. The molecule has 6 nitrogen and oxygen atoms in total. The molecule has 0 radical (unpaired) electrons. The van der Waals surface area contributed by atoms with Crippen LogP contribution in [0.5, 0.6) is 0 Å². The van der Waals surface area contributed by atoms with Crippen molar-refractivity contribution in [2.75, 3.05) is 25.0 Å². The van der Waals surface area contributed by atoms with Crippen LogP contribution in [0.25, 0.3) is 0 Å². The molecule has 25 heavy (non-hydrogen) atoms. The lowest BCUT2D eigenvalue weighted by atomic mass is 10.2. The predicted octanol–water partition coefficient (Wildman–Crippen LogP) is 2.55. The van der Waals surface area contributed by atoms with Crippen LogP contribution in [-0.4, -0.2) is 41.3 Å². The molecule has 2 heterocycles. The second-order valence-corrected chi connectivity index (χ2v) is 6.64. The lowest BCUT2D eigenvalue weighted by Crippen LogP contribution is -2.27. The van der Waals surface area contributed by atoms with Gasteiger partial charge in [0.1, 0.15) is 5.69 Å². The van der Waals surface area contributed by atoms with Gasteiger partial charge in [-0.15, -0.1) is 23.7 Å². The number of benzene rings is 1. The van der Waals surface area contributed by atoms with Gasteiger partial charge >= 0.3 is 0 Å². The number of hydrogen-bond acceptors (Lipinski definition) is 5. The molecule has 1 saturated heterocycles. The molecule has 8 heteroatoms. The van der Waals surface area contributed by atoms with Gasteiger partial charge in [0.25, 0.3) is 11.8 Å². The van der Waals surface area contributed by atoms with Gasteiger partial charge in [0.2, 0.25) is 0 Å². The van der Waals surface area contributed by atoms with Gasteiger partial charge in [-0.1, -0.05) is 0 Å². The second-order valence-electron chi connectivity index (χ2n) is 5.70. The number of carbonyl (C=O) groups excluding carboxylic acids is 2. The van der Waals surface area contributed by atoms with E-state index >= 15 is 0 Å². The summed E-state index contributed by atoms with van der Waals surface area (Å²) >= 11 is 1.43. The van der Waals surface area contributed by atoms with Crippen molar-refractivity contribution in [2.24, 2.45) is 5.73 Å². The van der Waals surface area contributed by atoms with Gasteiger partial charge in [0.05, 0.1) is 5.01 Å². The maximum Gasteiger partial charge on any atom is 0.275 e. The van der Waals surface area contributed by atoms with E-state index in [1.807, 2.05) is 4.90 Å². The smallest absolute Gasteiger partial charge is 0.275 e. The molecule has 0 saturated carbocycles. The number of likely N-dealkylation sites (tertiary alicyclic amines) is 1. The molecular weight excluding hydrogens is 360 g/mol. The van der Waals surface area contributed by atoms with Crippen molar-refractivity contribution >= 4 is 41.2 Å². The van der Waals surface area contributed by atoms with E-state index in [1.165, 1.54) is 11.3 Å². The highest BCUT2D eigenvalue weighted by atomic mass is 35.5. The van der Waals surface area contributed by atoms with E-state index in [4.69, 9.17) is 5.73 Å². The van der Waals surface area contributed by atoms with Crippen molar-refractivity contribution in [2.45, 2.75) is 19.3 Å². The Labute approximate surface area is 156 Å². The number of halogens is 1. The van der Waals surface area contributed by atoms with Gasteiger partial charge in [-0.25, -0.2) is 4.98 Å². The monoisotopic (exact) mass is 380 g/mol. The lowest BCUT2D eigenvalue weighted by Gasteiger charge is -2.15. The average Bonchev–Trinajstić information content (AvgIpc) is 3.27. The number of rotatable bonds is 5. The molecule has 134 valence electrons. The van der Waals surface area contributed by atoms with Crippen LogP contribution in [0.3, 0.4) is 0 Å². The quantitative estimate of drug-likeness (QED) is 0.834. The third kappa shape index (κ3) is 4.78. The van der Waals surface area contributed by atoms with Crippen LogP contribution in [0, 0.1) is 0 Å². The molecule has 3 rings (SSSR count). The maximum absolute atomic E-state index is 12.3. The Morgan fingerprint density at radius 3 is 2.52 bits per heavy atom. The van der Waals surface area contributed by atoms with Crippen LogP contribution in [0.4, 0.5) is 5.69 Å². The van der Waals surface area contributed by atoms with Crippen molar-refractivity contribution in [3.8, 4) is 0 Å². The molecule has 1 aliphatic heterocycles. The third-order valence-electron chi connectivity index (χ3n) is 3.93. The summed E-state index contributed by atoms with van der Waals surface area (Å²) < 4.78 is 0. The molecule has 1 aromatic heterocycles. The van der Waals surface area contributed by atoms with E-state index in [9.17, 15) is 9.59 Å². The average molecular weight is 381 g/mol. The number of nitrogens with one attached hydrogen (secondary N) is 1. The summed E-state index contributed by atoms with van der Waals surface area (Å²) in [5, 5.41) is 5.38. The Morgan fingerprint density at radius 1 is 1.20 bits per heavy atom. The highest BCUT2D eigenvalue weighted by molar-refractivity contribution is 7.09. The number of hydrogen-bond donors (Lipinski definition) is 2. The van der Waals surface area contributed by atoms with Crippen LogP contribution in [0.2, 0.25) is 0 Å². The highest BCUT2D eigenvalue weighted by Crippen LogP contribution is 2.17. The lowest BCUT2D eigenvalue weighted by molar-refractivity contribution is 0.0792. The summed E-state index contributed by atoms with van der Waals surface area (Å²) in [6, 6.07) is 6.98. The fourth-order valence-electron chi connectivity index (χ4n) is 2.65. The summed E-state index contributed by atoms with van der Waals surface area (Å²) in [5.41, 5.74) is 7.17. The van der Waals surface area contributed by atoms with Gasteiger partial charge in [0.15, 0.2) is 0 Å². The zero-order chi connectivity index (χ0) is 16.9. The fourth-order valence-corrected chi connectivity index (χ4v) is 3.44. The summed E-state index contributed by atoms with van der Waals surface area (Å²) in [6.45, 7) is 2.17. The molecular formula is C17H21ClN4O2S. The molecule has 2 amide bonds. The Hall–Kier alpha value is -1.96. The number of carbonyl (C=O) groups is 2. The zero-order valence-electron chi connectivity index (χ0n) is 13.7. The Kier molecular flexibility index (Phi) is 6.92. The standard InChI is InChI=1S/C17H20N4O2S.ClH/c18-8-7-15-20-14(11-24-15)16(22)19-13-5-3-12(4-6-13)17(23)21-9-1-2-10-21;/h3-6,11H,1-2,7-10,18H2,(H,19,22);1H. The minimum absolute atomic E-state index is 0.